The van der Waals surface area contributed by atoms with Crippen LogP contribution in [0, 0.1) is 6.92 Å². The molecule has 1 unspecified atom stereocenters. The average Bonchev–Trinajstić information content (AvgIpc) is 2.43. The van der Waals surface area contributed by atoms with Crippen LogP contribution in [0.4, 0.5) is 10.5 Å². The zero-order valence-electron chi connectivity index (χ0n) is 11.8. The van der Waals surface area contributed by atoms with Crippen LogP contribution in [0.1, 0.15) is 24.1 Å². The minimum absolute atomic E-state index is 0.0856. The first-order valence-corrected chi connectivity index (χ1v) is 7.72. The van der Waals surface area contributed by atoms with Crippen molar-refractivity contribution in [1.29, 1.82) is 0 Å². The van der Waals surface area contributed by atoms with Crippen molar-refractivity contribution < 1.29 is 4.79 Å². The Morgan fingerprint density at radius 1 is 1.19 bits per heavy atom. The lowest BCUT2D eigenvalue weighted by Crippen LogP contribution is -2.31. The highest BCUT2D eigenvalue weighted by Gasteiger charge is 2.10. The highest BCUT2D eigenvalue weighted by Crippen LogP contribution is 2.21. The number of anilines is 1. The van der Waals surface area contributed by atoms with Crippen LogP contribution in [-0.4, -0.2) is 6.03 Å². The fourth-order valence-corrected chi connectivity index (χ4v) is 2.36. The molecule has 3 nitrogen and oxygen atoms in total. The van der Waals surface area contributed by atoms with Gasteiger partial charge >= 0.3 is 6.03 Å². The first-order valence-electron chi connectivity index (χ1n) is 6.55. The largest absolute Gasteiger partial charge is 0.331 e. The van der Waals surface area contributed by atoms with Crippen molar-refractivity contribution in [3.8, 4) is 0 Å². The van der Waals surface area contributed by atoms with Gasteiger partial charge in [-0.25, -0.2) is 4.79 Å². The molecule has 2 rings (SSSR count). The van der Waals surface area contributed by atoms with Crippen molar-refractivity contribution in [2.75, 3.05) is 5.32 Å². The molecule has 0 aliphatic carbocycles. The summed E-state index contributed by atoms with van der Waals surface area (Å²) in [6, 6.07) is 12.9. The molecule has 0 bridgehead atoms. The minimum atomic E-state index is -0.254. The van der Waals surface area contributed by atoms with Crippen LogP contribution in [0.2, 0.25) is 5.02 Å². The number of aryl methyl sites for hydroxylation is 1. The average molecular weight is 368 g/mol. The predicted octanol–water partition coefficient (Wildman–Crippen LogP) is 5.29. The molecular formula is C16H16BrClN2O. The SMILES string of the molecule is Cc1ccc(Cl)cc1NC(=O)NC(C)c1ccc(Br)cc1. The number of hydrogen-bond acceptors (Lipinski definition) is 1. The summed E-state index contributed by atoms with van der Waals surface area (Å²) < 4.78 is 1.01. The number of nitrogens with one attached hydrogen (secondary N) is 2. The number of urea groups is 1. The molecule has 0 saturated heterocycles. The van der Waals surface area contributed by atoms with Gasteiger partial charge in [0.15, 0.2) is 0 Å². The molecule has 2 aromatic rings. The van der Waals surface area contributed by atoms with Crippen molar-refractivity contribution in [2.24, 2.45) is 0 Å². The van der Waals surface area contributed by atoms with E-state index in [1.54, 1.807) is 12.1 Å². The quantitative estimate of drug-likeness (QED) is 0.760. The van der Waals surface area contributed by atoms with Gasteiger partial charge in [0, 0.05) is 15.2 Å². The van der Waals surface area contributed by atoms with Gasteiger partial charge < -0.3 is 10.6 Å². The van der Waals surface area contributed by atoms with Gasteiger partial charge in [-0.15, -0.1) is 0 Å². The van der Waals surface area contributed by atoms with Gasteiger partial charge in [0.05, 0.1) is 6.04 Å². The minimum Gasteiger partial charge on any atom is -0.331 e. The molecule has 0 aromatic heterocycles. The maximum atomic E-state index is 12.1. The number of benzene rings is 2. The smallest absolute Gasteiger partial charge is 0.319 e. The summed E-state index contributed by atoms with van der Waals surface area (Å²) in [4.78, 5) is 12.1. The predicted molar refractivity (Wildman–Crippen MR) is 90.9 cm³/mol. The Hall–Kier alpha value is -1.52. The van der Waals surface area contributed by atoms with Gasteiger partial charge in [-0.3, -0.25) is 0 Å². The van der Waals surface area contributed by atoms with E-state index in [2.05, 4.69) is 26.6 Å². The molecule has 0 aliphatic heterocycles. The summed E-state index contributed by atoms with van der Waals surface area (Å²) in [7, 11) is 0. The van der Waals surface area contributed by atoms with Crippen molar-refractivity contribution >= 4 is 39.2 Å². The molecule has 2 aromatic carbocycles. The maximum Gasteiger partial charge on any atom is 0.319 e. The number of halogens is 2. The van der Waals surface area contributed by atoms with Crippen LogP contribution in [0.25, 0.3) is 0 Å². The van der Waals surface area contributed by atoms with Crippen LogP contribution in [0.3, 0.4) is 0 Å². The Bertz CT molecular complexity index is 643. The molecule has 0 aliphatic rings. The van der Waals surface area contributed by atoms with E-state index in [9.17, 15) is 4.79 Å². The first-order chi connectivity index (χ1) is 9.95. The zero-order chi connectivity index (χ0) is 15.4. The molecular weight excluding hydrogens is 352 g/mol. The second kappa shape index (κ2) is 6.96. The van der Waals surface area contributed by atoms with E-state index in [4.69, 9.17) is 11.6 Å². The molecule has 0 radical (unpaired) electrons. The highest BCUT2D eigenvalue weighted by atomic mass is 79.9. The van der Waals surface area contributed by atoms with Crippen LogP contribution < -0.4 is 10.6 Å². The topological polar surface area (TPSA) is 41.1 Å². The molecule has 21 heavy (non-hydrogen) atoms. The lowest BCUT2D eigenvalue weighted by Gasteiger charge is -2.16. The first kappa shape index (κ1) is 15.9. The molecule has 5 heteroatoms. The van der Waals surface area contributed by atoms with Gasteiger partial charge in [-0.1, -0.05) is 45.7 Å². The third kappa shape index (κ3) is 4.48. The standard InChI is InChI=1S/C16H16BrClN2O/c1-10-3-8-14(18)9-15(10)20-16(21)19-11(2)12-4-6-13(17)7-5-12/h3-9,11H,1-2H3,(H2,19,20,21). The van der Waals surface area contributed by atoms with E-state index in [-0.39, 0.29) is 12.1 Å². The van der Waals surface area contributed by atoms with Gasteiger partial charge in [-0.2, -0.15) is 0 Å². The van der Waals surface area contributed by atoms with Crippen molar-refractivity contribution in [3.63, 3.8) is 0 Å². The van der Waals surface area contributed by atoms with Crippen LogP contribution in [0.5, 0.6) is 0 Å². The molecule has 0 heterocycles. The number of carbonyl (C=O) groups excluding carboxylic acids is 1. The lowest BCUT2D eigenvalue weighted by molar-refractivity contribution is 0.249. The second-order valence-electron chi connectivity index (χ2n) is 4.83. The number of rotatable bonds is 3. The fraction of sp³-hybridized carbons (Fsp3) is 0.188. The molecule has 110 valence electrons. The summed E-state index contributed by atoms with van der Waals surface area (Å²) in [5, 5.41) is 6.32. The van der Waals surface area contributed by atoms with E-state index in [1.807, 2.05) is 44.2 Å². The van der Waals surface area contributed by atoms with Crippen LogP contribution in [-0.2, 0) is 0 Å². The molecule has 0 saturated carbocycles. The fourth-order valence-electron chi connectivity index (χ4n) is 1.92. The Balaban J connectivity index is 2.01. The van der Waals surface area contributed by atoms with Crippen molar-refractivity contribution in [3.05, 3.63) is 63.1 Å². The molecule has 2 N–H and O–H groups in total. The monoisotopic (exact) mass is 366 g/mol. The van der Waals surface area contributed by atoms with E-state index >= 15 is 0 Å². The Kier molecular flexibility index (Phi) is 5.26. The van der Waals surface area contributed by atoms with Crippen molar-refractivity contribution in [2.45, 2.75) is 19.9 Å². The number of carbonyl (C=O) groups is 1. The van der Waals surface area contributed by atoms with E-state index in [0.717, 1.165) is 15.6 Å². The summed E-state index contributed by atoms with van der Waals surface area (Å²) in [5.74, 6) is 0. The number of amides is 2. The van der Waals surface area contributed by atoms with Gasteiger partial charge in [0.2, 0.25) is 0 Å². The summed E-state index contributed by atoms with van der Waals surface area (Å²) >= 11 is 9.33. The Morgan fingerprint density at radius 2 is 1.86 bits per heavy atom. The van der Waals surface area contributed by atoms with E-state index in [0.29, 0.717) is 10.7 Å². The van der Waals surface area contributed by atoms with Gasteiger partial charge in [0.25, 0.3) is 0 Å². The summed E-state index contributed by atoms with van der Waals surface area (Å²) in [6.45, 7) is 3.86. The van der Waals surface area contributed by atoms with Gasteiger partial charge in [0.1, 0.15) is 0 Å². The summed E-state index contributed by atoms with van der Waals surface area (Å²) in [6.07, 6.45) is 0. The van der Waals surface area contributed by atoms with Crippen LogP contribution in [0.15, 0.2) is 46.9 Å². The second-order valence-corrected chi connectivity index (χ2v) is 6.18. The lowest BCUT2D eigenvalue weighted by atomic mass is 10.1. The van der Waals surface area contributed by atoms with Crippen LogP contribution >= 0.6 is 27.5 Å². The Morgan fingerprint density at radius 3 is 2.52 bits per heavy atom. The summed E-state index contributed by atoms with van der Waals surface area (Å²) in [5.41, 5.74) is 2.71. The third-order valence-corrected chi connectivity index (χ3v) is 3.93. The molecule has 0 fully saturated rings. The maximum absolute atomic E-state index is 12.1. The van der Waals surface area contributed by atoms with Crippen molar-refractivity contribution in [1.82, 2.24) is 5.32 Å². The van der Waals surface area contributed by atoms with E-state index in [1.165, 1.54) is 0 Å². The normalized spacial score (nSPS) is 11.8. The molecule has 0 spiro atoms. The Labute approximate surface area is 137 Å². The zero-order valence-corrected chi connectivity index (χ0v) is 14.1. The van der Waals surface area contributed by atoms with E-state index < -0.39 is 0 Å². The molecule has 1 atom stereocenters. The highest BCUT2D eigenvalue weighted by molar-refractivity contribution is 9.10. The third-order valence-electron chi connectivity index (χ3n) is 3.17. The van der Waals surface area contributed by atoms with Gasteiger partial charge in [-0.05, 0) is 49.2 Å². The molecule has 2 amide bonds. The number of hydrogen-bond donors (Lipinski definition) is 2.